The molecule has 0 radical (unpaired) electrons. The van der Waals surface area contributed by atoms with Crippen LogP contribution >= 0.6 is 22.9 Å². The summed E-state index contributed by atoms with van der Waals surface area (Å²) in [6.07, 6.45) is 17.0. The maximum Gasteiger partial charge on any atom is 0.0637 e. The number of hydrogen-bond acceptors (Lipinski definition) is 9. The van der Waals surface area contributed by atoms with Gasteiger partial charge in [0.2, 0.25) is 0 Å². The average molecular weight is 805 g/mol. The van der Waals surface area contributed by atoms with Crippen molar-refractivity contribution < 1.29 is 14.2 Å². The van der Waals surface area contributed by atoms with Gasteiger partial charge in [-0.05, 0) is 177 Å². The number of hydrogen-bond donors (Lipinski definition) is 5. The van der Waals surface area contributed by atoms with Crippen molar-refractivity contribution in [2.24, 2.45) is 69.3 Å². The number of halogens is 1. The number of nitrogens with two attached hydrogens (primary N) is 4. The lowest BCUT2D eigenvalue weighted by atomic mass is 9.43. The SMILES string of the molecule is C[C@H](CCCN(CCCN)CCCNI)C1CC[C@H]2C3[C@H](OCCCN)CC4C[C@H](OCCCN)CCC4(C)[C@H]3C[C@H](OCCCN)C12C. The van der Waals surface area contributed by atoms with Crippen molar-refractivity contribution in [1.82, 2.24) is 8.43 Å². The maximum absolute atomic E-state index is 7.06. The Morgan fingerprint density at radius 1 is 0.755 bits per heavy atom. The summed E-state index contributed by atoms with van der Waals surface area (Å²) in [6.45, 7) is 17.5. The third-order valence-corrected chi connectivity index (χ3v) is 14.6. The van der Waals surface area contributed by atoms with Gasteiger partial charge in [-0.3, -0.25) is 3.53 Å². The zero-order chi connectivity index (χ0) is 35.3. The second-order valence-corrected chi connectivity index (χ2v) is 17.6. The van der Waals surface area contributed by atoms with Gasteiger partial charge in [-0.1, -0.05) is 20.8 Å². The van der Waals surface area contributed by atoms with E-state index < -0.39 is 0 Å². The van der Waals surface area contributed by atoms with E-state index in [9.17, 15) is 0 Å². The standard InChI is InChI=1S/C39H77IN6O3/c1-29(10-4-20-46(21-5-15-41)22-9-19-45-40)32-11-12-33-37-34(28-36(39(32,33)3)49-25-8-18-44)38(2)14-13-31(47-23-6-16-42)26-30(38)27-35(37)48-24-7-17-43/h29-37,45H,4-28,41-44H2,1-3H3/t29-,30?,31-,32?,33+,34+,35-,36+,37?,38?,39?/m1/s1. The minimum Gasteiger partial charge on any atom is -0.378 e. The minimum atomic E-state index is 0.154. The van der Waals surface area contributed by atoms with Crippen molar-refractivity contribution in [3.63, 3.8) is 0 Å². The topological polar surface area (TPSA) is 147 Å². The molecule has 0 aromatic heterocycles. The summed E-state index contributed by atoms with van der Waals surface area (Å²) in [7, 11) is 0. The summed E-state index contributed by atoms with van der Waals surface area (Å²) in [5.41, 5.74) is 24.2. The predicted molar refractivity (Wildman–Crippen MR) is 211 cm³/mol. The number of rotatable bonds is 24. The Kier molecular flexibility index (Phi) is 18.3. The molecule has 0 aromatic rings. The highest BCUT2D eigenvalue weighted by Gasteiger charge is 2.66. The molecular formula is C39H77IN6O3. The highest BCUT2D eigenvalue weighted by atomic mass is 127. The van der Waals surface area contributed by atoms with E-state index in [-0.39, 0.29) is 11.5 Å². The van der Waals surface area contributed by atoms with Crippen LogP contribution in [-0.4, -0.2) is 95.4 Å². The highest BCUT2D eigenvalue weighted by Crippen LogP contribution is 2.69. The first kappa shape index (κ1) is 42.1. The highest BCUT2D eigenvalue weighted by molar-refractivity contribution is 14.1. The van der Waals surface area contributed by atoms with Crippen molar-refractivity contribution in [1.29, 1.82) is 0 Å². The molecule has 11 atom stereocenters. The van der Waals surface area contributed by atoms with Crippen LogP contribution in [-0.2, 0) is 14.2 Å². The lowest BCUT2D eigenvalue weighted by Gasteiger charge is -2.65. The molecular weight excluding hydrogens is 727 g/mol. The van der Waals surface area contributed by atoms with Crippen molar-refractivity contribution in [2.45, 2.75) is 129 Å². The number of nitrogens with zero attached hydrogens (tertiary/aromatic N) is 1. The molecule has 10 heteroatoms. The van der Waals surface area contributed by atoms with Crippen LogP contribution in [0.2, 0.25) is 0 Å². The van der Waals surface area contributed by atoms with E-state index in [1.54, 1.807) is 0 Å². The molecule has 0 aliphatic heterocycles. The van der Waals surface area contributed by atoms with Crippen molar-refractivity contribution >= 4 is 22.9 Å². The van der Waals surface area contributed by atoms with Gasteiger partial charge in [0, 0.05) is 54.6 Å². The normalized spacial score (nSPS) is 36.4. The van der Waals surface area contributed by atoms with Crippen LogP contribution in [0.15, 0.2) is 0 Å². The zero-order valence-electron chi connectivity index (χ0n) is 31.7. The quantitative estimate of drug-likeness (QED) is 0.0488. The largest absolute Gasteiger partial charge is 0.378 e. The second-order valence-electron chi connectivity index (χ2n) is 16.8. The van der Waals surface area contributed by atoms with Crippen LogP contribution in [0.5, 0.6) is 0 Å². The zero-order valence-corrected chi connectivity index (χ0v) is 33.9. The van der Waals surface area contributed by atoms with Crippen LogP contribution in [0.3, 0.4) is 0 Å². The van der Waals surface area contributed by atoms with Crippen molar-refractivity contribution in [3.05, 3.63) is 0 Å². The number of fused-ring (bicyclic) bond motifs is 5. The van der Waals surface area contributed by atoms with E-state index >= 15 is 0 Å². The monoisotopic (exact) mass is 805 g/mol. The van der Waals surface area contributed by atoms with Gasteiger partial charge >= 0.3 is 0 Å². The molecule has 9 N–H and O–H groups in total. The summed E-state index contributed by atoms with van der Waals surface area (Å²) >= 11 is 2.26. The van der Waals surface area contributed by atoms with Gasteiger partial charge < -0.3 is 42.0 Å². The lowest BCUT2D eigenvalue weighted by molar-refractivity contribution is -0.227. The maximum atomic E-state index is 7.06. The lowest BCUT2D eigenvalue weighted by Crippen LogP contribution is -2.63. The molecule has 9 nitrogen and oxygen atoms in total. The fourth-order valence-corrected chi connectivity index (χ4v) is 11.8. The summed E-state index contributed by atoms with van der Waals surface area (Å²) in [5, 5.41) is 0. The fourth-order valence-electron chi connectivity index (χ4n) is 11.5. The minimum absolute atomic E-state index is 0.154. The molecule has 0 amide bonds. The Labute approximate surface area is 314 Å². The van der Waals surface area contributed by atoms with E-state index in [1.807, 2.05) is 0 Å². The van der Waals surface area contributed by atoms with Gasteiger partial charge in [0.25, 0.3) is 0 Å². The van der Waals surface area contributed by atoms with Crippen LogP contribution in [0, 0.1) is 46.3 Å². The Balaban J connectivity index is 1.54. The molecule has 49 heavy (non-hydrogen) atoms. The molecule has 288 valence electrons. The second kappa shape index (κ2) is 21.3. The van der Waals surface area contributed by atoms with Gasteiger partial charge in [0.1, 0.15) is 0 Å². The van der Waals surface area contributed by atoms with E-state index in [4.69, 9.17) is 37.1 Å². The molecule has 4 saturated carbocycles. The Bertz CT molecular complexity index is 922. The van der Waals surface area contributed by atoms with E-state index in [0.717, 1.165) is 97.4 Å². The van der Waals surface area contributed by atoms with Gasteiger partial charge in [0.05, 0.1) is 18.3 Å². The summed E-state index contributed by atoms with van der Waals surface area (Å²) in [5.74, 6) is 3.79. The van der Waals surface area contributed by atoms with Gasteiger partial charge in [-0.15, -0.1) is 0 Å². The molecule has 0 saturated heterocycles. The first-order valence-electron chi connectivity index (χ1n) is 20.5. The Morgan fingerprint density at radius 2 is 1.41 bits per heavy atom. The Morgan fingerprint density at radius 3 is 2.10 bits per heavy atom. The van der Waals surface area contributed by atoms with E-state index in [0.29, 0.717) is 72.8 Å². The fraction of sp³-hybridized carbons (Fsp3) is 1.00. The molecule has 5 unspecified atom stereocenters. The molecule has 4 fully saturated rings. The first-order chi connectivity index (χ1) is 23.8. The van der Waals surface area contributed by atoms with Crippen molar-refractivity contribution in [2.75, 3.05) is 72.2 Å². The third kappa shape index (κ3) is 10.5. The summed E-state index contributed by atoms with van der Waals surface area (Å²) < 4.78 is 23.7. The smallest absolute Gasteiger partial charge is 0.0637 e. The van der Waals surface area contributed by atoms with Crippen LogP contribution in [0.4, 0.5) is 0 Å². The summed E-state index contributed by atoms with van der Waals surface area (Å²) in [6, 6.07) is 0. The summed E-state index contributed by atoms with van der Waals surface area (Å²) in [4.78, 5) is 2.65. The number of nitrogens with one attached hydrogen (secondary N) is 1. The van der Waals surface area contributed by atoms with Crippen LogP contribution < -0.4 is 26.5 Å². The molecule has 0 aromatic carbocycles. The Hall–Kier alpha value is 0.370. The molecule has 0 heterocycles. The number of ether oxygens (including phenoxy) is 3. The molecule has 0 bridgehead atoms. The molecule has 4 rings (SSSR count). The predicted octanol–water partition coefficient (Wildman–Crippen LogP) is 5.46. The van der Waals surface area contributed by atoms with Gasteiger partial charge in [-0.25, -0.2) is 0 Å². The molecule has 4 aliphatic carbocycles. The van der Waals surface area contributed by atoms with E-state index in [1.165, 1.54) is 45.1 Å². The molecule has 4 aliphatic rings. The van der Waals surface area contributed by atoms with Crippen molar-refractivity contribution in [3.8, 4) is 0 Å². The van der Waals surface area contributed by atoms with Crippen LogP contribution in [0.25, 0.3) is 0 Å². The van der Waals surface area contributed by atoms with Gasteiger partial charge in [0.15, 0.2) is 0 Å². The molecule has 0 spiro atoms. The average Bonchev–Trinajstić information content (AvgIpc) is 3.45. The van der Waals surface area contributed by atoms with Gasteiger partial charge in [-0.2, -0.15) is 0 Å². The van der Waals surface area contributed by atoms with E-state index in [2.05, 4.69) is 52.1 Å². The third-order valence-electron chi connectivity index (χ3n) is 14.1. The first-order valence-corrected chi connectivity index (χ1v) is 21.6. The van der Waals surface area contributed by atoms with Crippen LogP contribution in [0.1, 0.15) is 111 Å².